The Morgan fingerprint density at radius 2 is 1.75 bits per heavy atom. The zero-order chi connectivity index (χ0) is 14.2. The normalized spacial score (nSPS) is 11.7. The molecule has 1 aromatic heterocycles. The molecule has 0 aliphatic carbocycles. The van der Waals surface area contributed by atoms with E-state index in [1.54, 1.807) is 36.4 Å². The van der Waals surface area contributed by atoms with Crippen LogP contribution in [0.25, 0.3) is 10.9 Å². The number of hydrogen-bond donors (Lipinski definition) is 1. The summed E-state index contributed by atoms with van der Waals surface area (Å²) in [6.07, 6.45) is 1.94. The number of benzene rings is 2. The second-order valence-electron chi connectivity index (χ2n) is 4.62. The maximum Gasteiger partial charge on any atom is 0.261 e. The zero-order valence-electron chi connectivity index (χ0n) is 10.9. The lowest BCUT2D eigenvalue weighted by Crippen LogP contribution is -2.12. The van der Waals surface area contributed by atoms with Gasteiger partial charge in [0, 0.05) is 29.8 Å². The Morgan fingerprint density at radius 1 is 1.00 bits per heavy atom. The predicted molar refractivity (Wildman–Crippen MR) is 80.2 cm³/mol. The molecule has 0 fully saturated rings. The minimum atomic E-state index is -3.53. The highest BCUT2D eigenvalue weighted by atomic mass is 32.2. The number of anilines is 1. The van der Waals surface area contributed by atoms with E-state index < -0.39 is 10.0 Å². The third kappa shape index (κ3) is 2.28. The molecular weight excluding hydrogens is 272 g/mol. The summed E-state index contributed by atoms with van der Waals surface area (Å²) in [7, 11) is -1.58. The first-order valence-corrected chi connectivity index (χ1v) is 7.67. The second-order valence-corrected chi connectivity index (χ2v) is 6.30. The summed E-state index contributed by atoms with van der Waals surface area (Å²) < 4.78 is 29.0. The minimum absolute atomic E-state index is 0.258. The van der Waals surface area contributed by atoms with E-state index in [-0.39, 0.29) is 4.90 Å². The predicted octanol–water partition coefficient (Wildman–Crippen LogP) is 2.98. The summed E-state index contributed by atoms with van der Waals surface area (Å²) in [5, 5.41) is 1.00. The highest BCUT2D eigenvalue weighted by molar-refractivity contribution is 7.92. The fourth-order valence-electron chi connectivity index (χ4n) is 2.16. The van der Waals surface area contributed by atoms with E-state index in [1.807, 2.05) is 36.0 Å². The second kappa shape index (κ2) is 4.68. The molecule has 3 aromatic rings. The van der Waals surface area contributed by atoms with Gasteiger partial charge in [-0.3, -0.25) is 4.72 Å². The van der Waals surface area contributed by atoms with Crippen molar-refractivity contribution in [1.29, 1.82) is 0 Å². The molecule has 20 heavy (non-hydrogen) atoms. The van der Waals surface area contributed by atoms with Crippen LogP contribution in [0.15, 0.2) is 65.7 Å². The first-order chi connectivity index (χ1) is 9.56. The number of fused-ring (bicyclic) bond motifs is 1. The Kier molecular flexibility index (Phi) is 2.99. The van der Waals surface area contributed by atoms with Crippen LogP contribution < -0.4 is 4.72 Å². The van der Waals surface area contributed by atoms with Gasteiger partial charge in [-0.15, -0.1) is 0 Å². The summed E-state index contributed by atoms with van der Waals surface area (Å²) in [6, 6.07) is 15.8. The van der Waals surface area contributed by atoms with Crippen molar-refractivity contribution in [1.82, 2.24) is 4.57 Å². The molecule has 102 valence electrons. The van der Waals surface area contributed by atoms with Crippen molar-refractivity contribution >= 4 is 26.6 Å². The van der Waals surface area contributed by atoms with Crippen molar-refractivity contribution < 1.29 is 8.42 Å². The number of nitrogens with zero attached hydrogens (tertiary/aromatic N) is 1. The van der Waals surface area contributed by atoms with Crippen LogP contribution >= 0.6 is 0 Å². The quantitative estimate of drug-likeness (QED) is 0.804. The van der Waals surface area contributed by atoms with Crippen LogP contribution in [-0.4, -0.2) is 13.0 Å². The highest BCUT2D eigenvalue weighted by Crippen LogP contribution is 2.22. The smallest absolute Gasteiger partial charge is 0.261 e. The molecule has 0 spiro atoms. The summed E-state index contributed by atoms with van der Waals surface area (Å²) in [5.41, 5.74) is 1.63. The molecule has 0 saturated heterocycles. The maximum atomic E-state index is 12.2. The van der Waals surface area contributed by atoms with Crippen molar-refractivity contribution in [3.63, 3.8) is 0 Å². The Hall–Kier alpha value is -2.27. The standard InChI is InChI=1S/C15H14N2O2S/c1-17-10-9-12-11-13(7-8-15(12)17)16-20(18,19)14-5-3-2-4-6-14/h2-11,16H,1H3. The lowest BCUT2D eigenvalue weighted by molar-refractivity contribution is 0.601. The summed E-state index contributed by atoms with van der Waals surface area (Å²) >= 11 is 0. The van der Waals surface area contributed by atoms with Crippen LogP contribution in [0.4, 0.5) is 5.69 Å². The van der Waals surface area contributed by atoms with Gasteiger partial charge >= 0.3 is 0 Å². The number of rotatable bonds is 3. The van der Waals surface area contributed by atoms with Crippen molar-refractivity contribution in [3.8, 4) is 0 Å². The Morgan fingerprint density at radius 3 is 2.50 bits per heavy atom. The topological polar surface area (TPSA) is 51.1 Å². The van der Waals surface area contributed by atoms with Gasteiger partial charge in [-0.25, -0.2) is 8.42 Å². The van der Waals surface area contributed by atoms with Gasteiger partial charge in [-0.1, -0.05) is 18.2 Å². The van der Waals surface area contributed by atoms with E-state index in [0.717, 1.165) is 10.9 Å². The molecular formula is C15H14N2O2S. The third-order valence-corrected chi connectivity index (χ3v) is 4.59. The molecule has 0 atom stereocenters. The van der Waals surface area contributed by atoms with Crippen LogP contribution in [-0.2, 0) is 17.1 Å². The van der Waals surface area contributed by atoms with Crippen LogP contribution in [0.3, 0.4) is 0 Å². The van der Waals surface area contributed by atoms with E-state index in [9.17, 15) is 8.42 Å². The van der Waals surface area contributed by atoms with Crippen molar-refractivity contribution in [2.45, 2.75) is 4.90 Å². The molecule has 0 bridgehead atoms. The van der Waals surface area contributed by atoms with E-state index >= 15 is 0 Å². The maximum absolute atomic E-state index is 12.2. The molecule has 0 unspecified atom stereocenters. The fraction of sp³-hybridized carbons (Fsp3) is 0.0667. The van der Waals surface area contributed by atoms with Gasteiger partial charge in [0.1, 0.15) is 0 Å². The van der Waals surface area contributed by atoms with Crippen LogP contribution in [0.1, 0.15) is 0 Å². The van der Waals surface area contributed by atoms with Gasteiger partial charge in [-0.05, 0) is 36.4 Å². The molecule has 3 rings (SSSR count). The van der Waals surface area contributed by atoms with Crippen LogP contribution in [0.5, 0.6) is 0 Å². The monoisotopic (exact) mass is 286 g/mol. The Balaban J connectivity index is 1.97. The number of sulfonamides is 1. The molecule has 0 saturated carbocycles. The number of hydrogen-bond acceptors (Lipinski definition) is 2. The number of aromatic nitrogens is 1. The van der Waals surface area contributed by atoms with Gasteiger partial charge in [0.2, 0.25) is 0 Å². The summed E-state index contributed by atoms with van der Waals surface area (Å²) in [4.78, 5) is 0.258. The van der Waals surface area contributed by atoms with E-state index in [2.05, 4.69) is 4.72 Å². The van der Waals surface area contributed by atoms with E-state index in [0.29, 0.717) is 5.69 Å². The summed E-state index contributed by atoms with van der Waals surface area (Å²) in [6.45, 7) is 0. The van der Waals surface area contributed by atoms with Gasteiger partial charge in [0.05, 0.1) is 4.90 Å². The molecule has 2 aromatic carbocycles. The lowest BCUT2D eigenvalue weighted by Gasteiger charge is -2.08. The molecule has 0 amide bonds. The molecule has 0 aliphatic heterocycles. The average Bonchev–Trinajstić information content (AvgIpc) is 2.80. The first kappa shape index (κ1) is 12.7. The highest BCUT2D eigenvalue weighted by Gasteiger charge is 2.13. The third-order valence-electron chi connectivity index (χ3n) is 3.19. The largest absolute Gasteiger partial charge is 0.351 e. The Bertz CT molecular complexity index is 852. The van der Waals surface area contributed by atoms with Crippen molar-refractivity contribution in [2.24, 2.45) is 7.05 Å². The van der Waals surface area contributed by atoms with Gasteiger partial charge in [0.15, 0.2) is 0 Å². The first-order valence-electron chi connectivity index (χ1n) is 6.19. The SMILES string of the molecule is Cn1ccc2cc(NS(=O)(=O)c3ccccc3)ccc21. The van der Waals surface area contributed by atoms with Gasteiger partial charge < -0.3 is 4.57 Å². The van der Waals surface area contributed by atoms with Crippen molar-refractivity contribution in [2.75, 3.05) is 4.72 Å². The molecule has 0 aliphatic rings. The molecule has 0 radical (unpaired) electrons. The number of aryl methyl sites for hydroxylation is 1. The minimum Gasteiger partial charge on any atom is -0.351 e. The van der Waals surface area contributed by atoms with Gasteiger partial charge in [0.25, 0.3) is 10.0 Å². The van der Waals surface area contributed by atoms with Crippen LogP contribution in [0.2, 0.25) is 0 Å². The van der Waals surface area contributed by atoms with Crippen LogP contribution in [0, 0.1) is 0 Å². The fourth-order valence-corrected chi connectivity index (χ4v) is 3.23. The molecule has 5 heteroatoms. The number of nitrogens with one attached hydrogen (secondary N) is 1. The average molecular weight is 286 g/mol. The van der Waals surface area contributed by atoms with E-state index in [1.165, 1.54) is 0 Å². The summed E-state index contributed by atoms with van der Waals surface area (Å²) in [5.74, 6) is 0. The Labute approximate surface area is 117 Å². The van der Waals surface area contributed by atoms with E-state index in [4.69, 9.17) is 0 Å². The van der Waals surface area contributed by atoms with Crippen molar-refractivity contribution in [3.05, 3.63) is 60.8 Å². The lowest BCUT2D eigenvalue weighted by atomic mass is 10.2. The van der Waals surface area contributed by atoms with Gasteiger partial charge in [-0.2, -0.15) is 0 Å². The molecule has 1 heterocycles. The zero-order valence-corrected chi connectivity index (χ0v) is 11.8. The molecule has 1 N–H and O–H groups in total. The molecule has 4 nitrogen and oxygen atoms in total.